The molecule has 0 aliphatic heterocycles. The molecule has 0 aromatic carbocycles. The maximum atomic E-state index is 11.9. The zero-order valence-electron chi connectivity index (χ0n) is 11.5. The molecular formula is C11H20F3N3O2. The fraction of sp³-hybridized carbons (Fsp3) is 0.818. The summed E-state index contributed by atoms with van der Waals surface area (Å²) in [5.74, 6) is -0.388. The molecule has 0 aliphatic rings. The molecule has 0 aromatic heterocycles. The quantitative estimate of drug-likeness (QED) is 0.465. The highest BCUT2D eigenvalue weighted by atomic mass is 19.4. The second-order valence-corrected chi connectivity index (χ2v) is 4.80. The average molecular weight is 283 g/mol. The van der Waals surface area contributed by atoms with E-state index in [2.05, 4.69) is 15.6 Å². The second-order valence-electron chi connectivity index (χ2n) is 4.80. The number of aliphatic imine (C=N–C) groups is 1. The van der Waals surface area contributed by atoms with Gasteiger partial charge in [-0.3, -0.25) is 9.79 Å². The van der Waals surface area contributed by atoms with E-state index < -0.39 is 24.2 Å². The molecule has 0 saturated heterocycles. The molecule has 5 nitrogen and oxygen atoms in total. The summed E-state index contributed by atoms with van der Waals surface area (Å²) < 4.78 is 40.8. The number of ether oxygens (including phenoxy) is 1. The van der Waals surface area contributed by atoms with Gasteiger partial charge in [-0.25, -0.2) is 0 Å². The van der Waals surface area contributed by atoms with Crippen molar-refractivity contribution in [3.05, 3.63) is 0 Å². The lowest BCUT2D eigenvalue weighted by Crippen LogP contribution is -2.42. The molecule has 2 N–H and O–H groups in total. The molecule has 19 heavy (non-hydrogen) atoms. The monoisotopic (exact) mass is 283 g/mol. The highest BCUT2D eigenvalue weighted by Gasteiger charge is 2.26. The lowest BCUT2D eigenvalue weighted by atomic mass is 10.2. The molecular weight excluding hydrogens is 263 g/mol. The Hall–Kier alpha value is -1.47. The Labute approximate surface area is 110 Å². The van der Waals surface area contributed by atoms with Crippen molar-refractivity contribution in [2.24, 2.45) is 4.99 Å². The molecule has 0 saturated carbocycles. The van der Waals surface area contributed by atoms with Crippen LogP contribution in [0.25, 0.3) is 0 Å². The van der Waals surface area contributed by atoms with Crippen LogP contribution in [0.5, 0.6) is 0 Å². The Morgan fingerprint density at radius 1 is 1.21 bits per heavy atom. The Morgan fingerprint density at radius 2 is 1.79 bits per heavy atom. The molecule has 0 bridgehead atoms. The van der Waals surface area contributed by atoms with Crippen LogP contribution in [0.4, 0.5) is 13.2 Å². The first-order chi connectivity index (χ1) is 8.53. The summed E-state index contributed by atoms with van der Waals surface area (Å²) in [5.41, 5.74) is -0.605. The molecule has 112 valence electrons. The summed E-state index contributed by atoms with van der Waals surface area (Å²) in [6.07, 6.45) is -5.20. The van der Waals surface area contributed by atoms with Crippen LogP contribution >= 0.6 is 0 Å². The van der Waals surface area contributed by atoms with E-state index in [1.54, 1.807) is 20.8 Å². The number of alkyl halides is 3. The molecule has 0 amide bonds. The van der Waals surface area contributed by atoms with Gasteiger partial charge in [0.1, 0.15) is 12.1 Å². The van der Waals surface area contributed by atoms with Crippen LogP contribution in [0.1, 0.15) is 27.2 Å². The first-order valence-corrected chi connectivity index (χ1v) is 5.76. The summed E-state index contributed by atoms with van der Waals surface area (Å²) >= 11 is 0. The largest absolute Gasteiger partial charge is 0.459 e. The molecule has 0 atom stereocenters. The Bertz CT molecular complexity index is 322. The standard InChI is InChI=1S/C11H20F3N3O2/c1-10(2,3)19-8(18)7-17-9(15-4)16-6-5-11(12,13)14/h5-7H2,1-4H3,(H2,15,16,17). The Kier molecular flexibility index (Phi) is 6.64. The van der Waals surface area contributed by atoms with Crippen molar-refractivity contribution in [1.82, 2.24) is 10.6 Å². The van der Waals surface area contributed by atoms with Gasteiger partial charge in [0, 0.05) is 13.6 Å². The van der Waals surface area contributed by atoms with Gasteiger partial charge in [0.05, 0.1) is 6.42 Å². The highest BCUT2D eigenvalue weighted by Crippen LogP contribution is 2.17. The Balaban J connectivity index is 3.99. The summed E-state index contributed by atoms with van der Waals surface area (Å²) in [6, 6.07) is 0. The van der Waals surface area contributed by atoms with Crippen molar-refractivity contribution in [3.8, 4) is 0 Å². The van der Waals surface area contributed by atoms with Crippen LogP contribution in [-0.4, -0.2) is 43.8 Å². The fourth-order valence-corrected chi connectivity index (χ4v) is 1.08. The molecule has 0 radical (unpaired) electrons. The number of hydrogen-bond acceptors (Lipinski definition) is 3. The fourth-order valence-electron chi connectivity index (χ4n) is 1.08. The third kappa shape index (κ3) is 11.4. The lowest BCUT2D eigenvalue weighted by Gasteiger charge is -2.20. The van der Waals surface area contributed by atoms with Gasteiger partial charge < -0.3 is 15.4 Å². The zero-order valence-corrected chi connectivity index (χ0v) is 11.5. The summed E-state index contributed by atoms with van der Waals surface area (Å²) in [5, 5.41) is 5.03. The van der Waals surface area contributed by atoms with Crippen molar-refractivity contribution in [2.75, 3.05) is 20.1 Å². The molecule has 8 heteroatoms. The van der Waals surface area contributed by atoms with Gasteiger partial charge in [-0.15, -0.1) is 0 Å². The van der Waals surface area contributed by atoms with E-state index in [0.29, 0.717) is 0 Å². The third-order valence-electron chi connectivity index (χ3n) is 1.74. The van der Waals surface area contributed by atoms with E-state index >= 15 is 0 Å². The zero-order chi connectivity index (χ0) is 15.1. The first-order valence-electron chi connectivity index (χ1n) is 5.76. The van der Waals surface area contributed by atoms with E-state index in [-0.39, 0.29) is 19.0 Å². The molecule has 0 aliphatic carbocycles. The molecule has 0 unspecified atom stereocenters. The number of carbonyl (C=O) groups is 1. The van der Waals surface area contributed by atoms with E-state index in [9.17, 15) is 18.0 Å². The van der Waals surface area contributed by atoms with Crippen molar-refractivity contribution in [2.45, 2.75) is 39.0 Å². The van der Waals surface area contributed by atoms with Gasteiger partial charge in [-0.05, 0) is 20.8 Å². The number of nitrogens with one attached hydrogen (secondary N) is 2. The number of guanidine groups is 1. The first kappa shape index (κ1) is 17.5. The molecule has 0 spiro atoms. The van der Waals surface area contributed by atoms with E-state index in [0.717, 1.165) is 0 Å². The van der Waals surface area contributed by atoms with Crippen molar-refractivity contribution in [3.63, 3.8) is 0 Å². The van der Waals surface area contributed by atoms with E-state index in [1.165, 1.54) is 7.05 Å². The van der Waals surface area contributed by atoms with Gasteiger partial charge in [0.25, 0.3) is 0 Å². The van der Waals surface area contributed by atoms with Gasteiger partial charge in [0.2, 0.25) is 0 Å². The maximum absolute atomic E-state index is 11.9. The topological polar surface area (TPSA) is 62.7 Å². The lowest BCUT2D eigenvalue weighted by molar-refractivity contribution is -0.153. The van der Waals surface area contributed by atoms with Crippen molar-refractivity contribution < 1.29 is 22.7 Å². The number of rotatable bonds is 4. The number of esters is 1. The maximum Gasteiger partial charge on any atom is 0.390 e. The number of carbonyl (C=O) groups excluding carboxylic acids is 1. The second kappa shape index (κ2) is 7.20. The molecule has 0 fully saturated rings. The van der Waals surface area contributed by atoms with Crippen LogP contribution in [0.3, 0.4) is 0 Å². The van der Waals surface area contributed by atoms with Crippen LogP contribution in [0.2, 0.25) is 0 Å². The normalized spacial score (nSPS) is 13.1. The van der Waals surface area contributed by atoms with Crippen LogP contribution < -0.4 is 10.6 Å². The molecule has 0 heterocycles. The van der Waals surface area contributed by atoms with Crippen LogP contribution in [0.15, 0.2) is 4.99 Å². The average Bonchev–Trinajstić information content (AvgIpc) is 2.18. The van der Waals surface area contributed by atoms with Crippen LogP contribution in [-0.2, 0) is 9.53 Å². The van der Waals surface area contributed by atoms with Gasteiger partial charge in [-0.1, -0.05) is 0 Å². The Morgan fingerprint density at radius 3 is 2.21 bits per heavy atom. The summed E-state index contributed by atoms with van der Waals surface area (Å²) in [7, 11) is 1.40. The number of hydrogen-bond donors (Lipinski definition) is 2. The van der Waals surface area contributed by atoms with Gasteiger partial charge in [0.15, 0.2) is 5.96 Å². The van der Waals surface area contributed by atoms with Crippen LogP contribution in [0, 0.1) is 0 Å². The smallest absolute Gasteiger partial charge is 0.390 e. The SMILES string of the molecule is CN=C(NCCC(F)(F)F)NCC(=O)OC(C)(C)C. The van der Waals surface area contributed by atoms with E-state index in [1.807, 2.05) is 0 Å². The summed E-state index contributed by atoms with van der Waals surface area (Å²) in [6.45, 7) is 4.70. The van der Waals surface area contributed by atoms with E-state index in [4.69, 9.17) is 4.74 Å². The van der Waals surface area contributed by atoms with Gasteiger partial charge in [-0.2, -0.15) is 13.2 Å². The highest BCUT2D eigenvalue weighted by molar-refractivity contribution is 5.84. The van der Waals surface area contributed by atoms with Crippen molar-refractivity contribution >= 4 is 11.9 Å². The predicted molar refractivity (Wildman–Crippen MR) is 65.9 cm³/mol. The third-order valence-corrected chi connectivity index (χ3v) is 1.74. The predicted octanol–water partition coefficient (Wildman–Crippen LogP) is 1.45. The summed E-state index contributed by atoms with van der Waals surface area (Å²) in [4.78, 5) is 15.1. The minimum Gasteiger partial charge on any atom is -0.459 e. The molecule has 0 aromatic rings. The number of halogens is 3. The molecule has 0 rings (SSSR count). The van der Waals surface area contributed by atoms with Gasteiger partial charge >= 0.3 is 12.1 Å². The minimum absolute atomic E-state index is 0.120. The van der Waals surface area contributed by atoms with Crippen molar-refractivity contribution in [1.29, 1.82) is 0 Å². The number of nitrogens with zero attached hydrogens (tertiary/aromatic N) is 1. The minimum atomic E-state index is -4.23.